The lowest BCUT2D eigenvalue weighted by atomic mass is 10.1. The molecule has 1 saturated heterocycles. The van der Waals surface area contributed by atoms with E-state index in [1.807, 2.05) is 0 Å². The van der Waals surface area contributed by atoms with Gasteiger partial charge in [-0.15, -0.1) is 0 Å². The number of aryl methyl sites for hydroxylation is 2. The summed E-state index contributed by atoms with van der Waals surface area (Å²) in [7, 11) is 3.26. The summed E-state index contributed by atoms with van der Waals surface area (Å²) in [6.07, 6.45) is 2.98. The van der Waals surface area contributed by atoms with Crippen LogP contribution in [0, 0.1) is 11.3 Å². The number of carbonyl (C=O) groups excluding carboxylic acids is 1. The Hall–Kier alpha value is -4.84. The minimum absolute atomic E-state index is 0.0258. The summed E-state index contributed by atoms with van der Waals surface area (Å²) in [4.78, 5) is 26.9. The second-order valence-corrected chi connectivity index (χ2v) is 9.52. The van der Waals surface area contributed by atoms with Gasteiger partial charge in [0.25, 0.3) is 5.92 Å². The van der Waals surface area contributed by atoms with Crippen LogP contribution in [0.5, 0.6) is 11.5 Å². The van der Waals surface area contributed by atoms with Gasteiger partial charge in [-0.25, -0.2) is 14.8 Å². The zero-order valence-corrected chi connectivity index (χ0v) is 21.6. The van der Waals surface area contributed by atoms with Gasteiger partial charge < -0.3 is 24.3 Å². The molecule has 6 rings (SSSR count). The second kappa shape index (κ2) is 9.72. The predicted molar refractivity (Wildman–Crippen MR) is 138 cm³/mol. The fraction of sp³-hybridized carbons (Fsp3) is 0.360. The Labute approximate surface area is 226 Å². The van der Waals surface area contributed by atoms with Crippen LogP contribution in [0.4, 0.5) is 31.2 Å². The van der Waals surface area contributed by atoms with Crippen LogP contribution in [-0.2, 0) is 24.3 Å². The van der Waals surface area contributed by atoms with Gasteiger partial charge in [-0.1, -0.05) is 0 Å². The van der Waals surface area contributed by atoms with Crippen LogP contribution in [0.15, 0.2) is 30.6 Å². The Kier molecular flexibility index (Phi) is 6.18. The van der Waals surface area contributed by atoms with Crippen LogP contribution in [-0.4, -0.2) is 66.5 Å². The lowest BCUT2D eigenvalue weighted by Gasteiger charge is -2.37. The number of anilines is 3. The Bertz CT molecular complexity index is 1650. The number of halogens is 2. The van der Waals surface area contributed by atoms with Crippen molar-refractivity contribution in [1.82, 2.24) is 34.2 Å². The Morgan fingerprint density at radius 3 is 2.83 bits per heavy atom. The highest BCUT2D eigenvalue weighted by molar-refractivity contribution is 5.89. The maximum atomic E-state index is 14.3. The van der Waals surface area contributed by atoms with Gasteiger partial charge in [0.05, 0.1) is 25.4 Å². The van der Waals surface area contributed by atoms with Crippen molar-refractivity contribution in [2.75, 3.05) is 30.8 Å². The van der Waals surface area contributed by atoms with Gasteiger partial charge in [0.15, 0.2) is 17.2 Å². The normalized spacial score (nSPS) is 16.2. The molecule has 0 atom stereocenters. The number of amides is 2. The topological polar surface area (TPSA) is 148 Å². The zero-order valence-electron chi connectivity index (χ0n) is 21.6. The van der Waals surface area contributed by atoms with E-state index in [-0.39, 0.29) is 58.8 Å². The van der Waals surface area contributed by atoms with Gasteiger partial charge in [0.1, 0.15) is 34.4 Å². The van der Waals surface area contributed by atoms with E-state index in [0.717, 1.165) is 0 Å². The van der Waals surface area contributed by atoms with Crippen LogP contribution in [0.25, 0.3) is 11.2 Å². The first-order chi connectivity index (χ1) is 19.3. The number of likely N-dealkylation sites (tertiary alicyclic amines) is 1. The molecule has 0 spiro atoms. The molecule has 206 valence electrons. The molecular formula is C25H24F2N10O3. The highest BCUT2D eigenvalue weighted by Gasteiger charge is 2.38. The van der Waals surface area contributed by atoms with Crippen molar-refractivity contribution >= 4 is 34.8 Å². The summed E-state index contributed by atoms with van der Waals surface area (Å²) in [5.41, 5.74) is 0.653. The van der Waals surface area contributed by atoms with Crippen LogP contribution >= 0.6 is 0 Å². The molecule has 0 bridgehead atoms. The largest absolute Gasteiger partial charge is 0.454 e. The summed E-state index contributed by atoms with van der Waals surface area (Å²) < 4.78 is 42.6. The van der Waals surface area contributed by atoms with Gasteiger partial charge >= 0.3 is 6.03 Å². The summed E-state index contributed by atoms with van der Waals surface area (Å²) in [6, 6.07) is 6.25. The second-order valence-electron chi connectivity index (χ2n) is 9.52. The number of methoxy groups -OCH3 is 1. The lowest BCUT2D eigenvalue weighted by molar-refractivity contribution is -0.0364. The third-order valence-electron chi connectivity index (χ3n) is 6.89. The number of alkyl halides is 2. The molecule has 15 heteroatoms. The molecule has 2 amide bonds. The zero-order chi connectivity index (χ0) is 28.0. The maximum absolute atomic E-state index is 14.3. The Morgan fingerprint density at radius 1 is 1.25 bits per heavy atom. The van der Waals surface area contributed by atoms with Crippen LogP contribution in [0.1, 0.15) is 24.1 Å². The first-order valence-electron chi connectivity index (χ1n) is 12.5. The molecule has 2 N–H and O–H groups in total. The Morgan fingerprint density at radius 2 is 2.08 bits per heavy atom. The number of nitrogens with one attached hydrogen (secondary N) is 2. The molecule has 2 aliphatic rings. The number of rotatable bonds is 6. The highest BCUT2D eigenvalue weighted by atomic mass is 19.3. The number of aromatic nitrogens is 6. The number of imidazole rings is 1. The maximum Gasteiger partial charge on any atom is 0.323 e. The van der Waals surface area contributed by atoms with Crippen molar-refractivity contribution < 1.29 is 23.0 Å². The van der Waals surface area contributed by atoms with Crippen LogP contribution < -0.4 is 15.4 Å². The molecule has 0 radical (unpaired) electrons. The van der Waals surface area contributed by atoms with E-state index < -0.39 is 5.92 Å². The molecule has 2 aliphatic heterocycles. The molecule has 0 saturated carbocycles. The number of hydrogen-bond donors (Lipinski definition) is 2. The smallest absolute Gasteiger partial charge is 0.323 e. The minimum atomic E-state index is -2.95. The first-order valence-corrected chi connectivity index (χ1v) is 12.5. The molecule has 4 aromatic heterocycles. The van der Waals surface area contributed by atoms with E-state index in [1.54, 1.807) is 29.7 Å². The number of urea groups is 1. The van der Waals surface area contributed by atoms with Gasteiger partial charge in [0.2, 0.25) is 5.95 Å². The number of ether oxygens (including phenoxy) is 2. The quantitative estimate of drug-likeness (QED) is 0.366. The summed E-state index contributed by atoms with van der Waals surface area (Å²) >= 11 is 0. The van der Waals surface area contributed by atoms with Crippen LogP contribution in [0.2, 0.25) is 0 Å². The molecule has 0 aromatic carbocycles. The molecule has 13 nitrogen and oxygen atoms in total. The molecule has 6 heterocycles. The van der Waals surface area contributed by atoms with Gasteiger partial charge in [0, 0.05) is 45.5 Å². The molecule has 40 heavy (non-hydrogen) atoms. The minimum Gasteiger partial charge on any atom is -0.454 e. The van der Waals surface area contributed by atoms with Gasteiger partial charge in [-0.3, -0.25) is 10.00 Å². The van der Waals surface area contributed by atoms with Gasteiger partial charge in [-0.05, 0) is 12.5 Å². The predicted octanol–water partition coefficient (Wildman–Crippen LogP) is 3.72. The first kappa shape index (κ1) is 25.4. The van der Waals surface area contributed by atoms with E-state index in [1.165, 1.54) is 29.2 Å². The monoisotopic (exact) mass is 550 g/mol. The highest BCUT2D eigenvalue weighted by Crippen LogP contribution is 2.38. The van der Waals surface area contributed by atoms with Crippen molar-refractivity contribution in [2.24, 2.45) is 7.05 Å². The number of fused-ring (bicyclic) bond motifs is 2. The van der Waals surface area contributed by atoms with E-state index in [2.05, 4.69) is 36.8 Å². The van der Waals surface area contributed by atoms with Crippen molar-refractivity contribution in [3.05, 3.63) is 41.9 Å². The average Bonchev–Trinajstić information content (AvgIpc) is 3.45. The molecule has 0 aliphatic carbocycles. The number of nitrogens with zero attached hydrogens (tertiary/aromatic N) is 8. The Balaban J connectivity index is 1.23. The molecular weight excluding hydrogens is 526 g/mol. The number of hydrogen-bond acceptors (Lipinski definition) is 9. The SMILES string of the molecule is COC1CN(C(=O)Nc2cc(Oc3cnc4nc(Nc5cc6n(n5)CCCC6(F)F)n(C)c4c3C#N)ccn2)C1. The summed E-state index contributed by atoms with van der Waals surface area (Å²) in [5, 5.41) is 19.9. The van der Waals surface area contributed by atoms with Crippen molar-refractivity contribution in [1.29, 1.82) is 5.26 Å². The van der Waals surface area contributed by atoms with Crippen LogP contribution in [0.3, 0.4) is 0 Å². The van der Waals surface area contributed by atoms with E-state index >= 15 is 0 Å². The van der Waals surface area contributed by atoms with Crippen molar-refractivity contribution in [2.45, 2.75) is 31.4 Å². The fourth-order valence-corrected chi connectivity index (χ4v) is 4.70. The van der Waals surface area contributed by atoms with Gasteiger partial charge in [-0.2, -0.15) is 24.1 Å². The number of pyridine rings is 2. The summed E-state index contributed by atoms with van der Waals surface area (Å²) in [6.45, 7) is 1.39. The standard InChI is InChI=1S/C25H24F2N10O3/c1-35-21-16(10-28)17(40-14-4-6-29-19(8-14)32-24(38)36-12-15(13-36)39-2)11-30-22(21)33-23(35)31-20-9-18-25(26,27)5-3-7-37(18)34-20/h4,6,8-9,11,15H,3,5,7,12-13H2,1-2H3,(H,29,32,38)(H,30,31,33,34). The summed E-state index contributed by atoms with van der Waals surface area (Å²) in [5.74, 6) is -1.70. The molecule has 4 aromatic rings. The van der Waals surface area contributed by atoms with E-state index in [0.29, 0.717) is 37.3 Å². The van der Waals surface area contributed by atoms with E-state index in [9.17, 15) is 18.8 Å². The number of carbonyl (C=O) groups is 1. The molecule has 1 fully saturated rings. The van der Waals surface area contributed by atoms with Crippen molar-refractivity contribution in [3.63, 3.8) is 0 Å². The lowest BCUT2D eigenvalue weighted by Crippen LogP contribution is -2.55. The third kappa shape index (κ3) is 4.51. The fourth-order valence-electron chi connectivity index (χ4n) is 4.70. The van der Waals surface area contributed by atoms with Crippen molar-refractivity contribution in [3.8, 4) is 17.6 Å². The number of nitriles is 1. The molecule has 0 unspecified atom stereocenters. The average molecular weight is 551 g/mol. The third-order valence-corrected chi connectivity index (χ3v) is 6.89. The van der Waals surface area contributed by atoms with E-state index in [4.69, 9.17) is 9.47 Å².